The van der Waals surface area contributed by atoms with Crippen molar-refractivity contribution in [2.24, 2.45) is 0 Å². The maximum absolute atomic E-state index is 8.93. The molecule has 0 spiro atoms. The van der Waals surface area contributed by atoms with Gasteiger partial charge < -0.3 is 9.59 Å². The van der Waals surface area contributed by atoms with Crippen LogP contribution >= 0.6 is 0 Å². The summed E-state index contributed by atoms with van der Waals surface area (Å²) >= 11 is 0. The summed E-state index contributed by atoms with van der Waals surface area (Å²) < 4.78 is 0. The fourth-order valence-corrected chi connectivity index (χ4v) is 0. The van der Waals surface area contributed by atoms with Crippen LogP contribution in [-0.4, -0.2) is 12.6 Å². The molecule has 0 atom stereocenters. The van der Waals surface area contributed by atoms with Crippen LogP contribution in [0.5, 0.6) is 0 Å². The van der Waals surface area contributed by atoms with Gasteiger partial charge in [0.1, 0.15) is 0 Å². The Bertz CT molecular complexity index is 65.1. The molecular weight excluding hydrogens is 193 g/mol. The number of hydrogen-bond donors (Lipinski definition) is 0. The third-order valence-corrected chi connectivity index (χ3v) is 0.167. The Hall–Kier alpha value is -0.0761. The molecule has 47 valence electrons. The molecule has 0 fully saturated rings. The van der Waals surface area contributed by atoms with Gasteiger partial charge in [-0.3, -0.25) is 0 Å². The third-order valence-electron chi connectivity index (χ3n) is 0.167. The summed E-state index contributed by atoms with van der Waals surface area (Å²) in [5, 5.41) is 0. The minimum absolute atomic E-state index is 0. The van der Waals surface area contributed by atoms with Crippen LogP contribution in [0.25, 0.3) is 0 Å². The van der Waals surface area contributed by atoms with Crippen molar-refractivity contribution in [1.82, 2.24) is 0 Å². The van der Waals surface area contributed by atoms with E-state index in [0.717, 1.165) is 12.2 Å². The Kier molecular flexibility index (Phi) is 43.8. The van der Waals surface area contributed by atoms with Crippen LogP contribution < -0.4 is 0 Å². The van der Waals surface area contributed by atoms with Crippen molar-refractivity contribution in [2.75, 3.05) is 0 Å². The fraction of sp³-hybridized carbons (Fsp3) is 0. The molecule has 0 rings (SSSR count). The Labute approximate surface area is 79.9 Å². The summed E-state index contributed by atoms with van der Waals surface area (Å²) in [4.78, 5) is 17.9. The van der Waals surface area contributed by atoms with E-state index in [1.54, 1.807) is 0 Å². The van der Waals surface area contributed by atoms with Gasteiger partial charge in [-0.2, -0.15) is 0 Å². The first-order valence-corrected chi connectivity index (χ1v) is 1.80. The van der Waals surface area contributed by atoms with Crippen molar-refractivity contribution in [3.05, 3.63) is 25.3 Å². The van der Waals surface area contributed by atoms with Crippen LogP contribution in [0.4, 0.5) is 0 Å². The zero-order chi connectivity index (χ0) is 6.83. The third kappa shape index (κ3) is 75.1. The Morgan fingerprint density at radius 3 is 1.11 bits per heavy atom. The maximum Gasteiger partial charge on any atom is 0 e. The molecule has 3 heteroatoms. The van der Waals surface area contributed by atoms with Crippen molar-refractivity contribution < 1.29 is 42.3 Å². The van der Waals surface area contributed by atoms with Gasteiger partial charge in [-0.25, -0.2) is 25.3 Å². The van der Waals surface area contributed by atoms with Crippen LogP contribution in [0.15, 0.2) is 25.3 Å². The number of hydrogen-bond acceptors (Lipinski definition) is 2. The zero-order valence-electron chi connectivity index (χ0n) is 4.96. The second-order valence-corrected chi connectivity index (χ2v) is 0.644. The maximum atomic E-state index is 8.93. The predicted molar refractivity (Wildman–Crippen MR) is 31.8 cm³/mol. The van der Waals surface area contributed by atoms with Crippen LogP contribution in [0, 0.1) is 0 Å². The summed E-state index contributed by atoms with van der Waals surface area (Å²) in [6.07, 6.45) is 5.03. The molecule has 1 radical (unpaired) electrons. The molecular formula is C6H6O2Y-2. The second-order valence-electron chi connectivity index (χ2n) is 0.644. The molecule has 0 amide bonds. The standard InChI is InChI=1S/2C3H3O.Y/c2*1-2-3-4;/h2*2H,1H2;/q2*-1;. The van der Waals surface area contributed by atoms with Gasteiger partial charge in [0.2, 0.25) is 0 Å². The molecule has 9 heavy (non-hydrogen) atoms. The molecule has 0 heterocycles. The van der Waals surface area contributed by atoms with Gasteiger partial charge in [-0.1, -0.05) is 0 Å². The quantitative estimate of drug-likeness (QED) is 0.481. The molecule has 0 aromatic carbocycles. The average molecular weight is 199 g/mol. The van der Waals surface area contributed by atoms with Gasteiger partial charge in [-0.05, 0) is 12.6 Å². The van der Waals surface area contributed by atoms with E-state index < -0.39 is 0 Å². The minimum Gasteiger partial charge on any atom is -0.419 e. The van der Waals surface area contributed by atoms with Crippen molar-refractivity contribution in [1.29, 1.82) is 0 Å². The summed E-state index contributed by atoms with van der Waals surface area (Å²) in [7, 11) is 0. The topological polar surface area (TPSA) is 34.1 Å². The van der Waals surface area contributed by atoms with E-state index in [2.05, 4.69) is 13.2 Å². The van der Waals surface area contributed by atoms with Gasteiger partial charge in [0, 0.05) is 32.7 Å². The molecule has 0 saturated heterocycles. The van der Waals surface area contributed by atoms with Gasteiger partial charge in [0.25, 0.3) is 0 Å². The molecule has 0 N–H and O–H groups in total. The van der Waals surface area contributed by atoms with Crippen molar-refractivity contribution in [3.8, 4) is 0 Å². The van der Waals surface area contributed by atoms with Crippen molar-refractivity contribution in [3.63, 3.8) is 0 Å². The van der Waals surface area contributed by atoms with E-state index >= 15 is 0 Å². The minimum atomic E-state index is 0. The number of rotatable bonds is 2. The smallest absolute Gasteiger partial charge is 0 e. The van der Waals surface area contributed by atoms with E-state index in [9.17, 15) is 0 Å². The van der Waals surface area contributed by atoms with E-state index in [1.165, 1.54) is 12.6 Å². The Balaban J connectivity index is -0.0000000720. The van der Waals surface area contributed by atoms with Crippen LogP contribution in [0.3, 0.4) is 0 Å². The van der Waals surface area contributed by atoms with E-state index in [4.69, 9.17) is 9.59 Å². The first-order chi connectivity index (χ1) is 3.83. The monoisotopic (exact) mass is 199 g/mol. The summed E-state index contributed by atoms with van der Waals surface area (Å²) in [5.74, 6) is 0. The average Bonchev–Trinajstić information content (AvgIpc) is 1.88. The van der Waals surface area contributed by atoms with Gasteiger partial charge >= 0.3 is 0 Å². The van der Waals surface area contributed by atoms with Crippen LogP contribution in [0.2, 0.25) is 0 Å². The van der Waals surface area contributed by atoms with Gasteiger partial charge in [0.15, 0.2) is 0 Å². The van der Waals surface area contributed by atoms with Gasteiger partial charge in [0.05, 0.1) is 0 Å². The normalized spacial score (nSPS) is 4.44. The molecule has 0 aromatic heterocycles. The fourth-order valence-electron chi connectivity index (χ4n) is 0. The second kappa shape index (κ2) is 24.7. The number of carbonyl (C=O) groups excluding carboxylic acids is 2. The predicted octanol–water partition coefficient (Wildman–Crippen LogP) is 0.562. The first-order valence-electron chi connectivity index (χ1n) is 1.80. The molecule has 0 unspecified atom stereocenters. The largest absolute Gasteiger partial charge is 0.419 e. The zero-order valence-corrected chi connectivity index (χ0v) is 7.80. The van der Waals surface area contributed by atoms with Crippen molar-refractivity contribution >= 4 is 12.6 Å². The molecule has 0 aromatic rings. The molecule has 2 nitrogen and oxygen atoms in total. The summed E-state index contributed by atoms with van der Waals surface area (Å²) in [6.45, 7) is 6.11. The Morgan fingerprint density at radius 2 is 1.11 bits per heavy atom. The van der Waals surface area contributed by atoms with E-state index in [1.807, 2.05) is 0 Å². The summed E-state index contributed by atoms with van der Waals surface area (Å²) in [5.41, 5.74) is 0. The molecule has 0 aliphatic rings. The van der Waals surface area contributed by atoms with Crippen molar-refractivity contribution in [2.45, 2.75) is 0 Å². The Morgan fingerprint density at radius 1 is 1.00 bits per heavy atom. The van der Waals surface area contributed by atoms with E-state index in [-0.39, 0.29) is 32.7 Å². The molecule has 0 saturated carbocycles. The van der Waals surface area contributed by atoms with Crippen LogP contribution in [-0.2, 0) is 42.3 Å². The molecule has 0 bridgehead atoms. The number of allylic oxidation sites excluding steroid dienone is 2. The van der Waals surface area contributed by atoms with E-state index in [0.29, 0.717) is 0 Å². The SMILES string of the molecule is C=C[C-]=O.C=C[C-]=O.[Y]. The summed E-state index contributed by atoms with van der Waals surface area (Å²) in [6, 6.07) is 0. The molecule has 0 aliphatic heterocycles. The molecule has 0 aliphatic carbocycles. The van der Waals surface area contributed by atoms with Gasteiger partial charge in [-0.15, -0.1) is 0 Å². The first kappa shape index (κ1) is 16.0. The van der Waals surface area contributed by atoms with Crippen LogP contribution in [0.1, 0.15) is 0 Å².